The average Bonchev–Trinajstić information content (AvgIpc) is 2.50. The molecule has 0 aliphatic rings. The second kappa shape index (κ2) is 10.1. The van der Waals surface area contributed by atoms with Crippen LogP contribution in [0.2, 0.25) is 5.02 Å². The Balaban J connectivity index is 2.30. The van der Waals surface area contributed by atoms with Crippen LogP contribution in [-0.4, -0.2) is 30.1 Å². The zero-order chi connectivity index (χ0) is 16.4. The van der Waals surface area contributed by atoms with Crippen LogP contribution in [0.3, 0.4) is 0 Å². The third-order valence-electron chi connectivity index (χ3n) is 2.75. The van der Waals surface area contributed by atoms with Gasteiger partial charge in [0.25, 0.3) is 5.91 Å². The largest absolute Gasteiger partial charge is 0.464 e. The van der Waals surface area contributed by atoms with Crippen molar-refractivity contribution in [3.8, 4) is 0 Å². The number of hydrogen-bond donors (Lipinski definition) is 2. The van der Waals surface area contributed by atoms with Gasteiger partial charge in [-0.15, -0.1) is 0 Å². The average molecular weight is 343 g/mol. The number of esters is 1. The number of hydrogen-bond acceptors (Lipinski definition) is 4. The van der Waals surface area contributed by atoms with Crippen LogP contribution in [0, 0.1) is 0 Å². The number of benzene rings is 1. The van der Waals surface area contributed by atoms with Gasteiger partial charge in [0.15, 0.2) is 5.11 Å². The summed E-state index contributed by atoms with van der Waals surface area (Å²) in [6, 6.07) is 6.62. The molecule has 1 rings (SSSR count). The van der Waals surface area contributed by atoms with Crippen molar-refractivity contribution in [1.82, 2.24) is 10.6 Å². The highest BCUT2D eigenvalue weighted by Gasteiger charge is 2.11. The molecule has 0 saturated heterocycles. The topological polar surface area (TPSA) is 67.4 Å². The number of unbranched alkanes of at least 4 members (excludes halogenated alkanes) is 2. The fourth-order valence-electron chi connectivity index (χ4n) is 1.60. The highest BCUT2D eigenvalue weighted by atomic mass is 35.5. The maximum Gasteiger partial charge on any atom is 0.325 e. The van der Waals surface area contributed by atoms with Crippen LogP contribution in [0.15, 0.2) is 24.3 Å². The fourth-order valence-corrected chi connectivity index (χ4v) is 1.99. The van der Waals surface area contributed by atoms with Gasteiger partial charge in [-0.1, -0.05) is 43.5 Å². The molecule has 0 saturated carbocycles. The summed E-state index contributed by atoms with van der Waals surface area (Å²) < 4.78 is 5.01. The van der Waals surface area contributed by atoms with Crippen molar-refractivity contribution >= 4 is 40.8 Å². The number of carbonyl (C=O) groups is 2. The zero-order valence-electron chi connectivity index (χ0n) is 12.4. The molecule has 5 nitrogen and oxygen atoms in total. The number of nitrogens with one attached hydrogen (secondary N) is 2. The Labute approximate surface area is 140 Å². The Morgan fingerprint density at radius 3 is 2.68 bits per heavy atom. The Bertz CT molecular complexity index is 537. The van der Waals surface area contributed by atoms with E-state index in [-0.39, 0.29) is 11.7 Å². The first-order chi connectivity index (χ1) is 10.5. The molecule has 1 amide bonds. The van der Waals surface area contributed by atoms with Crippen molar-refractivity contribution in [1.29, 1.82) is 0 Å². The molecule has 0 aliphatic carbocycles. The lowest BCUT2D eigenvalue weighted by atomic mass is 10.2. The lowest BCUT2D eigenvalue weighted by Gasteiger charge is -2.10. The van der Waals surface area contributed by atoms with Crippen molar-refractivity contribution in [3.63, 3.8) is 0 Å². The molecular weight excluding hydrogens is 324 g/mol. The molecule has 0 atom stereocenters. The van der Waals surface area contributed by atoms with Gasteiger partial charge >= 0.3 is 5.97 Å². The molecule has 0 bridgehead atoms. The van der Waals surface area contributed by atoms with Crippen LogP contribution >= 0.6 is 23.8 Å². The maximum absolute atomic E-state index is 11.9. The van der Waals surface area contributed by atoms with E-state index >= 15 is 0 Å². The van der Waals surface area contributed by atoms with Crippen molar-refractivity contribution in [2.24, 2.45) is 0 Å². The Hall–Kier alpha value is -1.66. The maximum atomic E-state index is 11.9. The predicted molar refractivity (Wildman–Crippen MR) is 90.0 cm³/mol. The molecule has 0 spiro atoms. The number of amides is 1. The number of ether oxygens (including phenoxy) is 1. The van der Waals surface area contributed by atoms with Crippen molar-refractivity contribution in [3.05, 3.63) is 34.9 Å². The van der Waals surface area contributed by atoms with Crippen LogP contribution in [0.25, 0.3) is 0 Å². The molecule has 0 heterocycles. The molecule has 0 radical (unpaired) electrons. The molecule has 0 aromatic heterocycles. The number of thiocarbonyl (C=S) groups is 1. The molecule has 1 aromatic carbocycles. The van der Waals surface area contributed by atoms with Gasteiger partial charge in [-0.3, -0.25) is 14.9 Å². The fraction of sp³-hybridized carbons (Fsp3) is 0.400. The molecule has 0 unspecified atom stereocenters. The Morgan fingerprint density at radius 2 is 2.00 bits per heavy atom. The SMILES string of the molecule is CCCCCOC(=O)CNC(=S)NC(=O)c1ccccc1Cl. The lowest BCUT2D eigenvalue weighted by molar-refractivity contribution is -0.142. The minimum atomic E-state index is -0.431. The quantitative estimate of drug-likeness (QED) is 0.453. The van der Waals surface area contributed by atoms with Crippen molar-refractivity contribution < 1.29 is 14.3 Å². The second-order valence-electron chi connectivity index (χ2n) is 4.54. The smallest absolute Gasteiger partial charge is 0.325 e. The molecule has 1 aromatic rings. The second-order valence-corrected chi connectivity index (χ2v) is 5.36. The molecule has 2 N–H and O–H groups in total. The summed E-state index contributed by atoms with van der Waals surface area (Å²) in [5.41, 5.74) is 0.315. The highest BCUT2D eigenvalue weighted by Crippen LogP contribution is 2.14. The summed E-state index contributed by atoms with van der Waals surface area (Å²) in [7, 11) is 0. The lowest BCUT2D eigenvalue weighted by Crippen LogP contribution is -2.41. The first-order valence-corrected chi connectivity index (χ1v) is 7.82. The summed E-state index contributed by atoms with van der Waals surface area (Å²) in [5, 5.41) is 5.47. The van der Waals surface area contributed by atoms with Crippen LogP contribution in [0.4, 0.5) is 0 Å². The van der Waals surface area contributed by atoms with E-state index in [1.807, 2.05) is 0 Å². The van der Waals surface area contributed by atoms with E-state index in [0.717, 1.165) is 19.3 Å². The third-order valence-corrected chi connectivity index (χ3v) is 3.33. The highest BCUT2D eigenvalue weighted by molar-refractivity contribution is 7.80. The number of carbonyl (C=O) groups excluding carboxylic acids is 2. The Morgan fingerprint density at radius 1 is 1.27 bits per heavy atom. The van der Waals surface area contributed by atoms with E-state index in [0.29, 0.717) is 17.2 Å². The van der Waals surface area contributed by atoms with Crippen LogP contribution < -0.4 is 10.6 Å². The first-order valence-electron chi connectivity index (χ1n) is 7.04. The Kier molecular flexibility index (Phi) is 8.47. The first kappa shape index (κ1) is 18.4. The van der Waals surface area contributed by atoms with Gasteiger partial charge in [0, 0.05) is 0 Å². The summed E-state index contributed by atoms with van der Waals surface area (Å²) in [6.07, 6.45) is 2.93. The van der Waals surface area contributed by atoms with Gasteiger partial charge in [0.1, 0.15) is 6.54 Å². The van der Waals surface area contributed by atoms with E-state index < -0.39 is 11.9 Å². The van der Waals surface area contributed by atoms with Gasteiger partial charge in [0.05, 0.1) is 17.2 Å². The number of halogens is 1. The van der Waals surface area contributed by atoms with Gasteiger partial charge in [-0.05, 0) is 30.8 Å². The monoisotopic (exact) mass is 342 g/mol. The standard InChI is InChI=1S/C15H19ClN2O3S/c1-2-3-6-9-21-13(19)10-17-15(22)18-14(20)11-7-4-5-8-12(11)16/h4-5,7-8H,2-3,6,9-10H2,1H3,(H2,17,18,20,22). The molecule has 22 heavy (non-hydrogen) atoms. The summed E-state index contributed by atoms with van der Waals surface area (Å²) in [6.45, 7) is 2.38. The normalized spacial score (nSPS) is 9.91. The zero-order valence-corrected chi connectivity index (χ0v) is 13.9. The molecule has 120 valence electrons. The summed E-state index contributed by atoms with van der Waals surface area (Å²) in [5.74, 6) is -0.843. The van der Waals surface area contributed by atoms with Gasteiger partial charge in [-0.2, -0.15) is 0 Å². The van der Waals surface area contributed by atoms with E-state index in [1.165, 1.54) is 0 Å². The van der Waals surface area contributed by atoms with E-state index in [4.69, 9.17) is 28.6 Å². The van der Waals surface area contributed by atoms with Gasteiger partial charge in [-0.25, -0.2) is 0 Å². The van der Waals surface area contributed by atoms with E-state index in [9.17, 15) is 9.59 Å². The third kappa shape index (κ3) is 6.87. The van der Waals surface area contributed by atoms with Crippen LogP contribution in [-0.2, 0) is 9.53 Å². The van der Waals surface area contributed by atoms with E-state index in [2.05, 4.69) is 17.6 Å². The molecule has 7 heteroatoms. The summed E-state index contributed by atoms with van der Waals surface area (Å²) >= 11 is 10.9. The van der Waals surface area contributed by atoms with Crippen molar-refractivity contribution in [2.45, 2.75) is 26.2 Å². The van der Waals surface area contributed by atoms with Crippen LogP contribution in [0.1, 0.15) is 36.5 Å². The van der Waals surface area contributed by atoms with E-state index in [1.54, 1.807) is 24.3 Å². The van der Waals surface area contributed by atoms with Crippen LogP contribution in [0.5, 0.6) is 0 Å². The minimum absolute atomic E-state index is 0.0513. The summed E-state index contributed by atoms with van der Waals surface area (Å²) in [4.78, 5) is 23.4. The molecule has 0 aliphatic heterocycles. The molecular formula is C15H19ClN2O3S. The van der Waals surface area contributed by atoms with Crippen molar-refractivity contribution in [2.75, 3.05) is 13.2 Å². The van der Waals surface area contributed by atoms with Gasteiger partial charge in [0.2, 0.25) is 0 Å². The number of rotatable bonds is 7. The van der Waals surface area contributed by atoms with Gasteiger partial charge < -0.3 is 10.1 Å². The predicted octanol–water partition coefficient (Wildman–Crippen LogP) is 2.68. The molecule has 0 fully saturated rings. The minimum Gasteiger partial charge on any atom is -0.464 e.